The third-order valence-corrected chi connectivity index (χ3v) is 5.09. The molecule has 0 radical (unpaired) electrons. The maximum atomic E-state index is 6.08. The average Bonchev–Trinajstić information content (AvgIpc) is 3.30. The summed E-state index contributed by atoms with van der Waals surface area (Å²) in [6.07, 6.45) is 3.65. The predicted molar refractivity (Wildman–Crippen MR) is 97.0 cm³/mol. The Morgan fingerprint density at radius 1 is 1.16 bits per heavy atom. The number of pyridine rings is 1. The Hall–Kier alpha value is -2.05. The van der Waals surface area contributed by atoms with Gasteiger partial charge in [0.15, 0.2) is 11.5 Å². The summed E-state index contributed by atoms with van der Waals surface area (Å²) < 4.78 is 17.1. The maximum Gasteiger partial charge on any atom is 0.163 e. The van der Waals surface area contributed by atoms with Crippen LogP contribution in [0.25, 0.3) is 10.9 Å². The van der Waals surface area contributed by atoms with Gasteiger partial charge in [0.2, 0.25) is 0 Å². The molecule has 4 rings (SSSR count). The Morgan fingerprint density at radius 2 is 1.96 bits per heavy atom. The molecule has 1 fully saturated rings. The fourth-order valence-corrected chi connectivity index (χ4v) is 3.73. The van der Waals surface area contributed by atoms with Crippen LogP contribution in [0.15, 0.2) is 12.1 Å². The number of anilines is 1. The van der Waals surface area contributed by atoms with Gasteiger partial charge < -0.3 is 24.8 Å². The molecule has 0 atom stereocenters. The maximum absolute atomic E-state index is 6.08. The lowest BCUT2D eigenvalue weighted by atomic mass is 10.0. The first-order valence-corrected chi connectivity index (χ1v) is 8.98. The van der Waals surface area contributed by atoms with E-state index in [0.29, 0.717) is 25.6 Å². The van der Waals surface area contributed by atoms with Crippen molar-refractivity contribution in [3.8, 4) is 11.5 Å². The van der Waals surface area contributed by atoms with Gasteiger partial charge in [0.25, 0.3) is 0 Å². The summed E-state index contributed by atoms with van der Waals surface area (Å²) in [6.45, 7) is 5.29. The summed E-state index contributed by atoms with van der Waals surface area (Å²) in [5, 5.41) is 1.03. The minimum atomic E-state index is 0.529. The molecule has 6 heteroatoms. The fourth-order valence-electron chi connectivity index (χ4n) is 3.73. The lowest BCUT2D eigenvalue weighted by molar-refractivity contribution is 0.135. The molecule has 0 bridgehead atoms. The number of fused-ring (bicyclic) bond motifs is 3. The fraction of sp³-hybridized carbons (Fsp3) is 0.526. The van der Waals surface area contributed by atoms with Crippen molar-refractivity contribution in [1.82, 2.24) is 9.88 Å². The van der Waals surface area contributed by atoms with Crippen molar-refractivity contribution in [2.75, 3.05) is 39.1 Å². The molecule has 6 nitrogen and oxygen atoms in total. The lowest BCUT2D eigenvalue weighted by Crippen LogP contribution is -2.21. The number of nitrogen functional groups attached to an aromatic ring is 1. The third-order valence-electron chi connectivity index (χ3n) is 5.09. The first-order chi connectivity index (χ1) is 12.3. The highest BCUT2D eigenvalue weighted by molar-refractivity contribution is 5.89. The Kier molecular flexibility index (Phi) is 4.63. The Labute approximate surface area is 147 Å². The van der Waals surface area contributed by atoms with Gasteiger partial charge in [0.05, 0.1) is 32.4 Å². The summed E-state index contributed by atoms with van der Waals surface area (Å²) in [6, 6.07) is 3.92. The number of hydrogen-bond acceptors (Lipinski definition) is 6. The van der Waals surface area contributed by atoms with E-state index in [1.165, 1.54) is 25.9 Å². The number of rotatable bonds is 6. The second-order valence-corrected chi connectivity index (χ2v) is 6.72. The second kappa shape index (κ2) is 7.06. The molecule has 1 aromatic heterocycles. The van der Waals surface area contributed by atoms with Crippen LogP contribution >= 0.6 is 0 Å². The van der Waals surface area contributed by atoms with Crippen LogP contribution in [-0.4, -0.2) is 43.2 Å². The highest BCUT2D eigenvalue weighted by Crippen LogP contribution is 2.37. The minimum Gasteiger partial charge on any atom is -0.493 e. The van der Waals surface area contributed by atoms with E-state index in [1.54, 1.807) is 7.11 Å². The molecule has 2 aliphatic rings. The molecule has 0 amide bonds. The van der Waals surface area contributed by atoms with Gasteiger partial charge in [-0.3, -0.25) is 0 Å². The molecular formula is C19H25N3O3. The molecule has 1 saturated heterocycles. The zero-order valence-electron chi connectivity index (χ0n) is 14.7. The van der Waals surface area contributed by atoms with Crippen LogP contribution in [0.3, 0.4) is 0 Å². The molecule has 1 aromatic carbocycles. The van der Waals surface area contributed by atoms with Crippen LogP contribution in [0.4, 0.5) is 5.82 Å². The Balaban J connectivity index is 1.53. The van der Waals surface area contributed by atoms with Gasteiger partial charge in [-0.1, -0.05) is 0 Å². The van der Waals surface area contributed by atoms with Crippen LogP contribution < -0.4 is 15.2 Å². The summed E-state index contributed by atoms with van der Waals surface area (Å²) in [5.41, 5.74) is 9.02. The first kappa shape index (κ1) is 16.4. The van der Waals surface area contributed by atoms with E-state index in [0.717, 1.165) is 46.5 Å². The number of ether oxygens (including phenoxy) is 3. The molecule has 25 heavy (non-hydrogen) atoms. The normalized spacial score (nSPS) is 17.2. The topological polar surface area (TPSA) is 69.8 Å². The SMILES string of the molecule is COc1cc2c3c(c(N)nc2cc1OCCCN1CCCC1)COC3. The standard InChI is InChI=1S/C19H25N3O3/c1-23-17-9-13-14-11-24-12-15(14)19(20)21-16(13)10-18(17)25-8-4-7-22-5-2-3-6-22/h9-10H,2-8,11-12H2,1H3,(H2,20,21). The largest absolute Gasteiger partial charge is 0.493 e. The van der Waals surface area contributed by atoms with Crippen molar-refractivity contribution in [1.29, 1.82) is 0 Å². The van der Waals surface area contributed by atoms with Crippen molar-refractivity contribution in [3.05, 3.63) is 23.3 Å². The molecule has 0 spiro atoms. The summed E-state index contributed by atoms with van der Waals surface area (Å²) in [7, 11) is 1.67. The van der Waals surface area contributed by atoms with E-state index < -0.39 is 0 Å². The van der Waals surface area contributed by atoms with Crippen LogP contribution in [0, 0.1) is 0 Å². The summed E-state index contributed by atoms with van der Waals surface area (Å²) in [4.78, 5) is 7.02. The molecule has 3 heterocycles. The minimum absolute atomic E-state index is 0.529. The van der Waals surface area contributed by atoms with Crippen LogP contribution in [0.5, 0.6) is 11.5 Å². The van der Waals surface area contributed by atoms with Crippen LogP contribution in [0.2, 0.25) is 0 Å². The summed E-state index contributed by atoms with van der Waals surface area (Å²) in [5.74, 6) is 2.00. The lowest BCUT2D eigenvalue weighted by Gasteiger charge is -2.16. The number of methoxy groups -OCH3 is 1. The van der Waals surface area contributed by atoms with Crippen LogP contribution in [-0.2, 0) is 18.0 Å². The number of nitrogens with two attached hydrogens (primary N) is 1. The van der Waals surface area contributed by atoms with Crippen molar-refractivity contribution in [3.63, 3.8) is 0 Å². The first-order valence-electron chi connectivity index (χ1n) is 8.98. The van der Waals surface area contributed by atoms with Gasteiger partial charge in [0.1, 0.15) is 5.82 Å². The molecule has 134 valence electrons. The highest BCUT2D eigenvalue weighted by atomic mass is 16.5. The molecule has 2 N–H and O–H groups in total. The summed E-state index contributed by atoms with van der Waals surface area (Å²) >= 11 is 0. The van der Waals surface area contributed by atoms with Gasteiger partial charge in [-0.15, -0.1) is 0 Å². The molecule has 0 saturated carbocycles. The van der Waals surface area contributed by atoms with Gasteiger partial charge >= 0.3 is 0 Å². The molecular weight excluding hydrogens is 318 g/mol. The van der Waals surface area contributed by atoms with E-state index in [2.05, 4.69) is 9.88 Å². The number of likely N-dealkylation sites (tertiary alicyclic amines) is 1. The Morgan fingerprint density at radius 3 is 2.76 bits per heavy atom. The van der Waals surface area contributed by atoms with E-state index in [9.17, 15) is 0 Å². The Bertz CT molecular complexity index is 772. The zero-order chi connectivity index (χ0) is 17.2. The van der Waals surface area contributed by atoms with E-state index >= 15 is 0 Å². The number of nitrogens with zero attached hydrogens (tertiary/aromatic N) is 2. The van der Waals surface area contributed by atoms with E-state index in [1.807, 2.05) is 12.1 Å². The average molecular weight is 343 g/mol. The van der Waals surface area contributed by atoms with Gasteiger partial charge in [-0.25, -0.2) is 4.98 Å². The van der Waals surface area contributed by atoms with E-state index in [-0.39, 0.29) is 0 Å². The van der Waals surface area contributed by atoms with Gasteiger partial charge in [-0.2, -0.15) is 0 Å². The predicted octanol–water partition coefficient (Wildman–Crippen LogP) is 2.72. The highest BCUT2D eigenvalue weighted by Gasteiger charge is 2.21. The van der Waals surface area contributed by atoms with Gasteiger partial charge in [0, 0.05) is 23.6 Å². The second-order valence-electron chi connectivity index (χ2n) is 6.72. The van der Waals surface area contributed by atoms with Crippen molar-refractivity contribution in [2.45, 2.75) is 32.5 Å². The molecule has 2 aliphatic heterocycles. The number of aromatic nitrogens is 1. The molecule has 2 aromatic rings. The number of hydrogen-bond donors (Lipinski definition) is 1. The van der Waals surface area contributed by atoms with Crippen molar-refractivity contribution < 1.29 is 14.2 Å². The monoisotopic (exact) mass is 343 g/mol. The van der Waals surface area contributed by atoms with Crippen LogP contribution in [0.1, 0.15) is 30.4 Å². The van der Waals surface area contributed by atoms with E-state index in [4.69, 9.17) is 19.9 Å². The quantitative estimate of drug-likeness (QED) is 0.813. The molecule has 0 aliphatic carbocycles. The zero-order valence-corrected chi connectivity index (χ0v) is 14.7. The third kappa shape index (κ3) is 3.24. The van der Waals surface area contributed by atoms with Crippen molar-refractivity contribution in [2.24, 2.45) is 0 Å². The van der Waals surface area contributed by atoms with Crippen molar-refractivity contribution >= 4 is 16.7 Å². The number of benzene rings is 1. The molecule has 0 unspecified atom stereocenters. The smallest absolute Gasteiger partial charge is 0.163 e. The van der Waals surface area contributed by atoms with Gasteiger partial charge in [-0.05, 0) is 44.0 Å².